The number of halogens is 3. The average molecular weight is 707 g/mol. The van der Waals surface area contributed by atoms with Gasteiger partial charge in [-0.2, -0.15) is 9.98 Å². The van der Waals surface area contributed by atoms with Crippen molar-refractivity contribution in [3.8, 4) is 5.75 Å². The highest BCUT2D eigenvalue weighted by Gasteiger charge is 2.30. The Morgan fingerprint density at radius 3 is 1.82 bits per heavy atom. The van der Waals surface area contributed by atoms with Crippen LogP contribution in [0.5, 0.6) is 5.75 Å². The van der Waals surface area contributed by atoms with Crippen molar-refractivity contribution < 1.29 is 22.7 Å². The molecule has 5 rings (SSSR count). The monoisotopic (exact) mass is 706 g/mol. The maximum atomic E-state index is 14.2. The Labute approximate surface area is 299 Å². The second kappa shape index (κ2) is 18.0. The molecule has 2 aliphatic carbocycles. The Balaban J connectivity index is 0.000000223. The summed E-state index contributed by atoms with van der Waals surface area (Å²) < 4.78 is 47.2. The Hall–Kier alpha value is -3.48. The smallest absolute Gasteiger partial charge is 0.346 e. The van der Waals surface area contributed by atoms with Gasteiger partial charge in [0.1, 0.15) is 28.8 Å². The molecule has 0 heterocycles. The van der Waals surface area contributed by atoms with E-state index in [1.165, 1.54) is 69.9 Å². The third-order valence-electron chi connectivity index (χ3n) is 10.2. The minimum absolute atomic E-state index is 0.0255. The van der Waals surface area contributed by atoms with Gasteiger partial charge in [0.25, 0.3) is 0 Å². The van der Waals surface area contributed by atoms with Crippen LogP contribution in [0.3, 0.4) is 0 Å². The van der Waals surface area contributed by atoms with Crippen LogP contribution in [0, 0.1) is 68.8 Å². The van der Waals surface area contributed by atoms with E-state index in [0.717, 1.165) is 47.3 Å². The fourth-order valence-corrected chi connectivity index (χ4v) is 7.68. The van der Waals surface area contributed by atoms with Gasteiger partial charge >= 0.3 is 5.97 Å². The fraction of sp³-hybridized carbons (Fsp3) is 0.475. The Morgan fingerprint density at radius 2 is 1.29 bits per heavy atom. The number of ether oxygens (including phenoxy) is 1. The summed E-state index contributed by atoms with van der Waals surface area (Å²) in [5, 5.41) is 4.35. The molecule has 2 saturated carbocycles. The van der Waals surface area contributed by atoms with E-state index in [0.29, 0.717) is 22.4 Å². The first kappa shape index (κ1) is 38.3. The molecule has 260 valence electrons. The number of hydrogen-bond donors (Lipinski definition) is 0. The minimum Gasteiger partial charge on any atom is -0.423 e. The van der Waals surface area contributed by atoms with Crippen molar-refractivity contribution in [3.05, 3.63) is 87.2 Å². The van der Waals surface area contributed by atoms with E-state index in [2.05, 4.69) is 57.7 Å². The molecule has 3 aromatic rings. The molecule has 2 aliphatic rings. The Morgan fingerprint density at radius 1 is 0.735 bits per heavy atom. The molecule has 0 saturated heterocycles. The summed E-state index contributed by atoms with van der Waals surface area (Å²) in [5.74, 6) is 1.18. The van der Waals surface area contributed by atoms with Gasteiger partial charge in [-0.1, -0.05) is 44.7 Å². The van der Waals surface area contributed by atoms with Crippen molar-refractivity contribution in [3.63, 3.8) is 0 Å². The zero-order valence-corrected chi connectivity index (χ0v) is 30.6. The predicted molar refractivity (Wildman–Crippen MR) is 197 cm³/mol. The number of aryl methyl sites for hydroxylation is 5. The van der Waals surface area contributed by atoms with Crippen molar-refractivity contribution in [1.82, 2.24) is 0 Å². The number of rotatable bonds is 8. The molecule has 0 radical (unpaired) electrons. The van der Waals surface area contributed by atoms with Crippen LogP contribution < -0.4 is 4.74 Å². The molecule has 0 bridgehead atoms. The van der Waals surface area contributed by atoms with Crippen LogP contribution in [0.15, 0.2) is 46.4 Å². The molecule has 0 aliphatic heterocycles. The maximum Gasteiger partial charge on any atom is 0.346 e. The van der Waals surface area contributed by atoms with E-state index in [-0.39, 0.29) is 22.8 Å². The summed E-state index contributed by atoms with van der Waals surface area (Å²) in [6, 6.07) is 9.03. The lowest BCUT2D eigenvalue weighted by atomic mass is 9.69. The molecule has 2 fully saturated rings. The average Bonchev–Trinajstić information content (AvgIpc) is 3.04. The van der Waals surface area contributed by atoms with Gasteiger partial charge in [0.05, 0.1) is 15.9 Å². The summed E-state index contributed by atoms with van der Waals surface area (Å²) >= 11 is 9.05. The van der Waals surface area contributed by atoms with E-state index in [9.17, 15) is 18.0 Å². The number of nitrogens with zero attached hydrogens (tertiary/aromatic N) is 2. The topological polar surface area (TPSA) is 51.0 Å². The SMILES string of the molecule is Cc1cc(C)c(C(=O)Oc2cc(C)c(N=C=S)c(F)c2)c(F)c1.Cc1cc(CCC2CCC(C3CCC(C)CC3)CC2)cc(F)c1N=C=S. The maximum absolute atomic E-state index is 14.2. The fourth-order valence-electron chi connectivity index (χ4n) is 7.50. The molecule has 4 nitrogen and oxygen atoms in total. The van der Waals surface area contributed by atoms with Crippen LogP contribution in [-0.4, -0.2) is 16.3 Å². The first-order valence-corrected chi connectivity index (χ1v) is 18.0. The van der Waals surface area contributed by atoms with Crippen LogP contribution in [0.2, 0.25) is 0 Å². The number of isothiocyanates is 2. The second-order valence-corrected chi connectivity index (χ2v) is 14.3. The first-order chi connectivity index (χ1) is 23.4. The number of aliphatic imine (C=N–C) groups is 2. The van der Waals surface area contributed by atoms with Crippen LogP contribution in [0.1, 0.15) is 103 Å². The standard InChI is InChI=1S/C23H32FNS.C17H13F2NO2S/c1-16-3-9-20(10-4-16)21-11-7-18(8-12-21)5-6-19-13-17(2)23(25-15-26)22(24)14-19;1-9-4-10(2)15(13(18)5-9)17(21)22-12-6-11(3)16(20-8-23)14(19)7-12/h13-14,16,18,20-21H,3-12H2,1-2H3;4-7H,1-3H3. The molecule has 0 N–H and O–H groups in total. The van der Waals surface area contributed by atoms with Crippen molar-refractivity contribution in [2.45, 2.75) is 98.8 Å². The number of carbonyl (C=O) groups excluding carboxylic acids is 1. The lowest BCUT2D eigenvalue weighted by molar-refractivity contribution is 0.0728. The summed E-state index contributed by atoms with van der Waals surface area (Å²) in [7, 11) is 0. The quantitative estimate of drug-likeness (QED) is 0.101. The largest absolute Gasteiger partial charge is 0.423 e. The van der Waals surface area contributed by atoms with Gasteiger partial charge in [-0.3, -0.25) is 0 Å². The van der Waals surface area contributed by atoms with Gasteiger partial charge in [-0.15, -0.1) is 0 Å². The zero-order chi connectivity index (χ0) is 35.7. The molecular formula is C40H45F3N2O2S2. The molecule has 9 heteroatoms. The third-order valence-corrected chi connectivity index (χ3v) is 10.3. The number of hydrogen-bond acceptors (Lipinski definition) is 6. The van der Waals surface area contributed by atoms with E-state index >= 15 is 0 Å². The molecule has 0 unspecified atom stereocenters. The van der Waals surface area contributed by atoms with Crippen molar-refractivity contribution in [2.24, 2.45) is 33.7 Å². The highest BCUT2D eigenvalue weighted by Crippen LogP contribution is 2.42. The third kappa shape index (κ3) is 10.5. The van der Waals surface area contributed by atoms with Crippen LogP contribution in [0.25, 0.3) is 0 Å². The summed E-state index contributed by atoms with van der Waals surface area (Å²) in [6.07, 6.45) is 13.5. The van der Waals surface area contributed by atoms with E-state index in [1.54, 1.807) is 32.9 Å². The summed E-state index contributed by atoms with van der Waals surface area (Å²) in [4.78, 5) is 19.6. The van der Waals surface area contributed by atoms with Gasteiger partial charge in [-0.05, 0) is 160 Å². The number of carbonyl (C=O) groups is 1. The lowest BCUT2D eigenvalue weighted by Gasteiger charge is -2.37. The molecular weight excluding hydrogens is 662 g/mol. The number of thiocarbonyl (C=S) groups is 2. The summed E-state index contributed by atoms with van der Waals surface area (Å²) in [5.41, 5.74) is 3.70. The summed E-state index contributed by atoms with van der Waals surface area (Å²) in [6.45, 7) is 9.22. The molecule has 0 atom stereocenters. The minimum atomic E-state index is -0.884. The molecule has 0 aromatic heterocycles. The molecule has 0 amide bonds. The number of esters is 1. The molecule has 3 aromatic carbocycles. The van der Waals surface area contributed by atoms with E-state index in [4.69, 9.17) is 4.74 Å². The Kier molecular flexibility index (Phi) is 14.0. The van der Waals surface area contributed by atoms with Crippen molar-refractivity contribution in [1.29, 1.82) is 0 Å². The number of benzene rings is 3. The van der Waals surface area contributed by atoms with Crippen LogP contribution in [0.4, 0.5) is 24.5 Å². The molecule has 0 spiro atoms. The van der Waals surface area contributed by atoms with Crippen molar-refractivity contribution >= 4 is 52.1 Å². The van der Waals surface area contributed by atoms with Crippen LogP contribution >= 0.6 is 24.4 Å². The zero-order valence-electron chi connectivity index (χ0n) is 29.0. The van der Waals surface area contributed by atoms with Gasteiger partial charge in [0, 0.05) is 6.07 Å². The Bertz CT molecular complexity index is 1680. The second-order valence-electron chi connectivity index (χ2n) is 13.9. The van der Waals surface area contributed by atoms with Crippen LogP contribution in [-0.2, 0) is 6.42 Å². The van der Waals surface area contributed by atoms with Gasteiger partial charge in [0.2, 0.25) is 0 Å². The van der Waals surface area contributed by atoms with Crippen molar-refractivity contribution in [2.75, 3.05) is 0 Å². The predicted octanol–water partition coefficient (Wildman–Crippen LogP) is 12.3. The lowest BCUT2D eigenvalue weighted by Crippen LogP contribution is -2.25. The van der Waals surface area contributed by atoms with Gasteiger partial charge in [0.15, 0.2) is 5.82 Å². The van der Waals surface area contributed by atoms with E-state index in [1.807, 2.05) is 6.92 Å². The van der Waals surface area contributed by atoms with Gasteiger partial charge < -0.3 is 4.74 Å². The highest BCUT2D eigenvalue weighted by atomic mass is 32.1. The first-order valence-electron chi connectivity index (χ1n) is 17.1. The normalized spacial score (nSPS) is 20.2. The van der Waals surface area contributed by atoms with Gasteiger partial charge in [-0.25, -0.2) is 18.0 Å². The highest BCUT2D eigenvalue weighted by molar-refractivity contribution is 7.78. The molecule has 49 heavy (non-hydrogen) atoms. The van der Waals surface area contributed by atoms with E-state index < -0.39 is 17.6 Å².